The van der Waals surface area contributed by atoms with Crippen LogP contribution in [0.25, 0.3) is 0 Å². The zero-order valence-electron chi connectivity index (χ0n) is 10.2. The number of ether oxygens (including phenoxy) is 1. The lowest BCUT2D eigenvalue weighted by atomic mass is 9.94. The summed E-state index contributed by atoms with van der Waals surface area (Å²) in [7, 11) is -1.12. The van der Waals surface area contributed by atoms with Crippen LogP contribution in [0, 0.1) is 11.8 Å². The topological polar surface area (TPSA) is 43.4 Å². The molecule has 0 saturated carbocycles. The van der Waals surface area contributed by atoms with Gasteiger partial charge in [-0.1, -0.05) is 31.2 Å². The number of hydrogen-bond donors (Lipinski definition) is 0. The molecule has 0 N–H and O–H groups in total. The highest BCUT2D eigenvalue weighted by atomic mass is 32.2. The van der Waals surface area contributed by atoms with E-state index in [1.807, 2.05) is 43.3 Å². The quantitative estimate of drug-likeness (QED) is 0.785. The minimum atomic E-state index is -1.12. The van der Waals surface area contributed by atoms with Gasteiger partial charge in [-0.25, -0.2) is 4.21 Å². The summed E-state index contributed by atoms with van der Waals surface area (Å²) in [6.45, 7) is 2.49. The zero-order chi connectivity index (χ0) is 13.0. The first-order valence-electron chi connectivity index (χ1n) is 5.96. The van der Waals surface area contributed by atoms with Crippen LogP contribution in [-0.2, 0) is 20.3 Å². The third-order valence-electron chi connectivity index (χ3n) is 3.11. The van der Waals surface area contributed by atoms with Gasteiger partial charge in [0.1, 0.15) is 0 Å². The Morgan fingerprint density at radius 3 is 2.72 bits per heavy atom. The molecule has 0 radical (unpaired) electrons. The highest BCUT2D eigenvalue weighted by molar-refractivity contribution is 7.88. The number of benzene rings is 1. The van der Waals surface area contributed by atoms with Crippen molar-refractivity contribution in [2.24, 2.45) is 11.8 Å². The van der Waals surface area contributed by atoms with Gasteiger partial charge < -0.3 is 4.74 Å². The summed E-state index contributed by atoms with van der Waals surface area (Å²) in [5.41, 5.74) is 0. The second-order valence-corrected chi connectivity index (χ2v) is 5.78. The number of cyclic esters (lactones) is 1. The van der Waals surface area contributed by atoms with Crippen LogP contribution in [-0.4, -0.2) is 16.8 Å². The van der Waals surface area contributed by atoms with E-state index < -0.39 is 10.8 Å². The van der Waals surface area contributed by atoms with E-state index in [0.717, 1.165) is 4.90 Å². The normalized spacial score (nSPS) is 22.9. The fraction of sp³-hybridized carbons (Fsp3) is 0.357. The van der Waals surface area contributed by atoms with Crippen molar-refractivity contribution in [1.29, 1.82) is 0 Å². The first kappa shape index (κ1) is 13.0. The fourth-order valence-electron chi connectivity index (χ4n) is 1.86. The van der Waals surface area contributed by atoms with Crippen LogP contribution in [0.3, 0.4) is 0 Å². The monoisotopic (exact) mass is 264 g/mol. The molecule has 1 aliphatic rings. The molecule has 3 atom stereocenters. The molecule has 1 saturated heterocycles. The molecule has 3 nitrogen and oxygen atoms in total. The summed E-state index contributed by atoms with van der Waals surface area (Å²) in [5.74, 6) is 0.273. The summed E-state index contributed by atoms with van der Waals surface area (Å²) >= 11 is 0. The molecule has 1 aliphatic heterocycles. The maximum atomic E-state index is 12.0. The van der Waals surface area contributed by atoms with E-state index in [0.29, 0.717) is 13.0 Å². The highest BCUT2D eigenvalue weighted by Gasteiger charge is 2.27. The fourth-order valence-corrected chi connectivity index (χ4v) is 2.83. The minimum Gasteiger partial charge on any atom is -0.465 e. The Kier molecular flexibility index (Phi) is 4.31. The molecule has 2 rings (SSSR count). The number of rotatable bonds is 4. The van der Waals surface area contributed by atoms with Crippen LogP contribution in [0.4, 0.5) is 0 Å². The third-order valence-corrected chi connectivity index (χ3v) is 4.25. The summed E-state index contributed by atoms with van der Waals surface area (Å²) < 4.78 is 16.9. The smallest absolute Gasteiger partial charge is 0.306 e. The Labute approximate surface area is 109 Å². The molecular formula is C14H16O3S. The number of carbonyl (C=O) groups excluding carboxylic acids is 1. The van der Waals surface area contributed by atoms with Gasteiger partial charge in [-0.05, 0) is 18.1 Å². The molecule has 96 valence electrons. The van der Waals surface area contributed by atoms with Gasteiger partial charge in [-0.2, -0.15) is 0 Å². The Morgan fingerprint density at radius 2 is 2.11 bits per heavy atom. The van der Waals surface area contributed by atoms with Crippen LogP contribution in [0.5, 0.6) is 0 Å². The van der Waals surface area contributed by atoms with Crippen LogP contribution in [0.15, 0.2) is 46.7 Å². The molecule has 1 unspecified atom stereocenters. The van der Waals surface area contributed by atoms with Crippen molar-refractivity contribution < 1.29 is 13.7 Å². The van der Waals surface area contributed by atoms with Crippen LogP contribution in [0.2, 0.25) is 0 Å². The summed E-state index contributed by atoms with van der Waals surface area (Å²) in [6, 6.07) is 9.32. The first-order valence-corrected chi connectivity index (χ1v) is 7.17. The summed E-state index contributed by atoms with van der Waals surface area (Å²) in [6.07, 6.45) is 2.37. The highest BCUT2D eigenvalue weighted by Crippen LogP contribution is 2.24. The molecule has 0 spiro atoms. The SMILES string of the molecule is C[C@@H](/C=C/S(=O)c1ccccc1)[C@H]1COC(=O)C1. The van der Waals surface area contributed by atoms with Crippen molar-refractivity contribution in [3.05, 3.63) is 41.8 Å². The predicted octanol–water partition coefficient (Wildman–Crippen LogP) is 2.51. The van der Waals surface area contributed by atoms with Crippen molar-refractivity contribution in [2.45, 2.75) is 18.2 Å². The molecule has 1 aromatic carbocycles. The predicted molar refractivity (Wildman–Crippen MR) is 70.2 cm³/mol. The van der Waals surface area contributed by atoms with Gasteiger partial charge in [0.15, 0.2) is 0 Å². The average molecular weight is 264 g/mol. The molecule has 1 heterocycles. The maximum Gasteiger partial charge on any atom is 0.306 e. The second-order valence-electron chi connectivity index (χ2n) is 4.45. The second kappa shape index (κ2) is 5.96. The van der Waals surface area contributed by atoms with E-state index in [1.54, 1.807) is 5.41 Å². The zero-order valence-corrected chi connectivity index (χ0v) is 11.1. The molecule has 0 amide bonds. The van der Waals surface area contributed by atoms with Gasteiger partial charge in [-0.3, -0.25) is 4.79 Å². The summed E-state index contributed by atoms with van der Waals surface area (Å²) in [4.78, 5) is 11.8. The van der Waals surface area contributed by atoms with Crippen molar-refractivity contribution in [1.82, 2.24) is 0 Å². The lowest BCUT2D eigenvalue weighted by molar-refractivity contribution is -0.137. The lowest BCUT2D eigenvalue weighted by Gasteiger charge is -2.10. The largest absolute Gasteiger partial charge is 0.465 e. The van der Waals surface area contributed by atoms with Crippen molar-refractivity contribution in [2.75, 3.05) is 6.61 Å². The molecule has 1 fully saturated rings. The van der Waals surface area contributed by atoms with E-state index in [4.69, 9.17) is 4.74 Å². The van der Waals surface area contributed by atoms with Crippen LogP contribution in [0.1, 0.15) is 13.3 Å². The van der Waals surface area contributed by atoms with Crippen LogP contribution >= 0.6 is 0 Å². The van der Waals surface area contributed by atoms with Crippen molar-refractivity contribution in [3.63, 3.8) is 0 Å². The van der Waals surface area contributed by atoms with Crippen molar-refractivity contribution in [3.8, 4) is 0 Å². The van der Waals surface area contributed by atoms with Gasteiger partial charge in [0, 0.05) is 16.2 Å². The van der Waals surface area contributed by atoms with Gasteiger partial charge in [0.2, 0.25) is 0 Å². The van der Waals surface area contributed by atoms with Crippen molar-refractivity contribution >= 4 is 16.8 Å². The number of esters is 1. The summed E-state index contributed by atoms with van der Waals surface area (Å²) in [5, 5.41) is 1.70. The Bertz CT molecular complexity index is 467. The molecule has 1 aromatic rings. The van der Waals surface area contributed by atoms with Gasteiger partial charge in [0.25, 0.3) is 0 Å². The average Bonchev–Trinajstić information content (AvgIpc) is 2.83. The van der Waals surface area contributed by atoms with E-state index in [9.17, 15) is 9.00 Å². The third kappa shape index (κ3) is 3.29. The maximum absolute atomic E-state index is 12.0. The van der Waals surface area contributed by atoms with Gasteiger partial charge in [0.05, 0.1) is 23.8 Å². The number of hydrogen-bond acceptors (Lipinski definition) is 3. The Morgan fingerprint density at radius 1 is 1.39 bits per heavy atom. The molecule has 0 aromatic heterocycles. The van der Waals surface area contributed by atoms with Crippen LogP contribution < -0.4 is 0 Å². The molecular weight excluding hydrogens is 248 g/mol. The molecule has 0 bridgehead atoms. The molecule has 0 aliphatic carbocycles. The lowest BCUT2D eigenvalue weighted by Crippen LogP contribution is -2.09. The van der Waals surface area contributed by atoms with E-state index in [-0.39, 0.29) is 17.8 Å². The Hall–Kier alpha value is -1.42. The Balaban J connectivity index is 1.94. The van der Waals surface area contributed by atoms with E-state index in [1.165, 1.54) is 0 Å². The molecule has 18 heavy (non-hydrogen) atoms. The minimum absolute atomic E-state index is 0.135. The molecule has 4 heteroatoms. The van der Waals surface area contributed by atoms with E-state index >= 15 is 0 Å². The standard InChI is InChI=1S/C14H16O3S/c1-11(12-9-14(15)17-10-12)7-8-18(16)13-5-3-2-4-6-13/h2-8,11-12H,9-10H2,1H3/b8-7+/t11-,12+,18?/m0/s1. The van der Waals surface area contributed by atoms with Gasteiger partial charge >= 0.3 is 5.97 Å². The first-order chi connectivity index (χ1) is 8.66. The van der Waals surface area contributed by atoms with E-state index in [2.05, 4.69) is 0 Å². The number of allylic oxidation sites excluding steroid dienone is 1. The van der Waals surface area contributed by atoms with Gasteiger partial charge in [-0.15, -0.1) is 0 Å². The number of carbonyl (C=O) groups is 1.